The summed E-state index contributed by atoms with van der Waals surface area (Å²) in [6, 6.07) is 6.17. The number of rotatable bonds is 4. The molecule has 5 nitrogen and oxygen atoms in total. The second kappa shape index (κ2) is 6.75. The summed E-state index contributed by atoms with van der Waals surface area (Å²) in [5.41, 5.74) is 0.126. The van der Waals surface area contributed by atoms with E-state index in [0.29, 0.717) is 18.1 Å². The molecule has 0 spiro atoms. The predicted octanol–water partition coefficient (Wildman–Crippen LogP) is 1.97. The lowest BCUT2D eigenvalue weighted by molar-refractivity contribution is 0.274. The number of nitrogens with zero attached hydrogens (tertiary/aromatic N) is 2. The lowest BCUT2D eigenvalue weighted by Crippen LogP contribution is -2.48. The van der Waals surface area contributed by atoms with Gasteiger partial charge in [0.25, 0.3) is 0 Å². The third-order valence-electron chi connectivity index (χ3n) is 3.64. The Bertz CT molecular complexity index is 649. The Labute approximate surface area is 130 Å². The number of sulfonamides is 1. The molecule has 1 aromatic carbocycles. The van der Waals surface area contributed by atoms with Crippen molar-refractivity contribution in [1.82, 2.24) is 9.62 Å². The summed E-state index contributed by atoms with van der Waals surface area (Å²) in [4.78, 5) is -0.00933. The van der Waals surface area contributed by atoms with Crippen LogP contribution in [0.2, 0.25) is 5.02 Å². The zero-order chi connectivity index (χ0) is 15.5. The van der Waals surface area contributed by atoms with Crippen molar-refractivity contribution in [3.8, 4) is 6.07 Å². The second-order valence-electron chi connectivity index (χ2n) is 4.96. The minimum atomic E-state index is -3.73. The van der Waals surface area contributed by atoms with Crippen molar-refractivity contribution >= 4 is 21.6 Å². The normalized spacial score (nSPS) is 19.4. The van der Waals surface area contributed by atoms with E-state index < -0.39 is 10.0 Å². The molecule has 1 heterocycles. The minimum Gasteiger partial charge on any atom is -0.315 e. The Morgan fingerprint density at radius 2 is 2.29 bits per heavy atom. The van der Waals surface area contributed by atoms with Gasteiger partial charge in [-0.3, -0.25) is 0 Å². The van der Waals surface area contributed by atoms with Crippen LogP contribution in [0, 0.1) is 11.3 Å². The third kappa shape index (κ3) is 3.38. The molecule has 0 amide bonds. The van der Waals surface area contributed by atoms with Gasteiger partial charge in [0.2, 0.25) is 10.0 Å². The van der Waals surface area contributed by atoms with Crippen LogP contribution in [0.4, 0.5) is 0 Å². The number of piperidine rings is 1. The van der Waals surface area contributed by atoms with Crippen molar-refractivity contribution in [2.45, 2.75) is 30.7 Å². The molecule has 2 rings (SSSR count). The smallest absolute Gasteiger partial charge is 0.244 e. The Morgan fingerprint density at radius 1 is 1.52 bits per heavy atom. The number of likely N-dealkylation sites (N-methyl/N-ethyl adjacent to an activating group) is 1. The number of hydrogen-bond acceptors (Lipinski definition) is 4. The topological polar surface area (TPSA) is 73.2 Å². The van der Waals surface area contributed by atoms with Crippen LogP contribution in [0.3, 0.4) is 0 Å². The van der Waals surface area contributed by atoms with Crippen molar-refractivity contribution in [2.24, 2.45) is 0 Å². The van der Waals surface area contributed by atoms with Gasteiger partial charge in [0.05, 0.1) is 5.56 Å². The van der Waals surface area contributed by atoms with Crippen LogP contribution in [0.25, 0.3) is 0 Å². The molecular weight excluding hydrogens is 310 g/mol. The van der Waals surface area contributed by atoms with Crippen molar-refractivity contribution in [1.29, 1.82) is 5.26 Å². The number of halogens is 1. The van der Waals surface area contributed by atoms with Crippen LogP contribution < -0.4 is 5.32 Å². The van der Waals surface area contributed by atoms with E-state index in [1.165, 1.54) is 22.5 Å². The maximum atomic E-state index is 12.9. The number of nitrogens with one attached hydrogen (secondary N) is 1. The molecule has 0 aliphatic carbocycles. The van der Waals surface area contributed by atoms with E-state index >= 15 is 0 Å². The van der Waals surface area contributed by atoms with Crippen molar-refractivity contribution in [2.75, 3.05) is 19.6 Å². The molecule has 1 N–H and O–H groups in total. The molecular formula is C14H18ClN3O2S. The lowest BCUT2D eigenvalue weighted by Gasteiger charge is -2.33. The van der Waals surface area contributed by atoms with Gasteiger partial charge in [-0.1, -0.05) is 18.5 Å². The summed E-state index contributed by atoms with van der Waals surface area (Å²) >= 11 is 5.91. The number of benzene rings is 1. The fraction of sp³-hybridized carbons (Fsp3) is 0.500. The van der Waals surface area contributed by atoms with E-state index in [9.17, 15) is 8.42 Å². The first kappa shape index (κ1) is 16.2. The molecule has 1 aromatic rings. The van der Waals surface area contributed by atoms with Crippen LogP contribution in [0.1, 0.15) is 25.3 Å². The summed E-state index contributed by atoms with van der Waals surface area (Å²) in [6.45, 7) is 3.72. The summed E-state index contributed by atoms with van der Waals surface area (Å²) in [6.07, 6.45) is 1.76. The third-order valence-corrected chi connectivity index (χ3v) is 5.94. The van der Waals surface area contributed by atoms with Crippen LogP contribution in [0.15, 0.2) is 23.1 Å². The zero-order valence-corrected chi connectivity index (χ0v) is 13.4. The largest absolute Gasteiger partial charge is 0.315 e. The summed E-state index contributed by atoms with van der Waals surface area (Å²) in [5, 5.41) is 12.7. The van der Waals surface area contributed by atoms with Crippen molar-refractivity contribution < 1.29 is 8.42 Å². The molecule has 0 saturated carbocycles. The first-order valence-electron chi connectivity index (χ1n) is 6.93. The number of hydrogen-bond donors (Lipinski definition) is 1. The van der Waals surface area contributed by atoms with Crippen LogP contribution >= 0.6 is 11.6 Å². The molecule has 1 saturated heterocycles. The molecule has 1 unspecified atom stereocenters. The van der Waals surface area contributed by atoms with E-state index in [1.807, 2.05) is 13.0 Å². The molecule has 1 fully saturated rings. The standard InChI is InChI=1S/C14H18ClN3O2S/c1-2-18(13-4-3-7-17-10-13)21(19,20)14-8-12(15)6-5-11(14)9-16/h5-6,8,13,17H,2-4,7,10H2,1H3. The average molecular weight is 328 g/mol. The quantitative estimate of drug-likeness (QED) is 0.917. The first-order chi connectivity index (χ1) is 10.0. The molecule has 7 heteroatoms. The molecule has 0 aromatic heterocycles. The highest BCUT2D eigenvalue weighted by Crippen LogP contribution is 2.26. The SMILES string of the molecule is CCN(C1CCCNC1)S(=O)(=O)c1cc(Cl)ccc1C#N. The highest BCUT2D eigenvalue weighted by molar-refractivity contribution is 7.89. The Hall–Kier alpha value is -1.13. The average Bonchev–Trinajstić information content (AvgIpc) is 2.49. The molecule has 1 atom stereocenters. The minimum absolute atomic E-state index is 0.00933. The predicted molar refractivity (Wildman–Crippen MR) is 81.6 cm³/mol. The van der Waals surface area contributed by atoms with Gasteiger partial charge in [0.1, 0.15) is 11.0 Å². The van der Waals surface area contributed by atoms with Gasteiger partial charge in [-0.15, -0.1) is 0 Å². The fourth-order valence-corrected chi connectivity index (χ4v) is 4.70. The second-order valence-corrected chi connectivity index (χ2v) is 7.26. The highest BCUT2D eigenvalue weighted by atomic mass is 35.5. The molecule has 1 aliphatic heterocycles. The van der Waals surface area contributed by atoms with Gasteiger partial charge < -0.3 is 5.32 Å². The van der Waals surface area contributed by atoms with Crippen LogP contribution in [-0.2, 0) is 10.0 Å². The first-order valence-corrected chi connectivity index (χ1v) is 8.74. The van der Waals surface area contributed by atoms with E-state index in [0.717, 1.165) is 19.4 Å². The molecule has 1 aliphatic rings. The van der Waals surface area contributed by atoms with E-state index in [-0.39, 0.29) is 16.5 Å². The Morgan fingerprint density at radius 3 is 2.86 bits per heavy atom. The van der Waals surface area contributed by atoms with E-state index in [4.69, 9.17) is 16.9 Å². The number of nitriles is 1. The maximum Gasteiger partial charge on any atom is 0.244 e. The summed E-state index contributed by atoms with van der Waals surface area (Å²) < 4.78 is 27.2. The zero-order valence-electron chi connectivity index (χ0n) is 11.8. The molecule has 0 bridgehead atoms. The molecule has 114 valence electrons. The van der Waals surface area contributed by atoms with Crippen molar-refractivity contribution in [3.63, 3.8) is 0 Å². The highest BCUT2D eigenvalue weighted by Gasteiger charge is 2.32. The van der Waals surface area contributed by atoms with Gasteiger partial charge in [-0.05, 0) is 37.6 Å². The Kier molecular flexibility index (Phi) is 5.22. The maximum absolute atomic E-state index is 12.9. The Balaban J connectivity index is 2.44. The van der Waals surface area contributed by atoms with E-state index in [1.54, 1.807) is 0 Å². The monoisotopic (exact) mass is 327 g/mol. The molecule has 0 radical (unpaired) electrons. The molecule has 21 heavy (non-hydrogen) atoms. The van der Waals surface area contributed by atoms with Crippen molar-refractivity contribution in [3.05, 3.63) is 28.8 Å². The van der Waals surface area contributed by atoms with Crippen LogP contribution in [-0.4, -0.2) is 38.4 Å². The summed E-state index contributed by atoms with van der Waals surface area (Å²) in [5.74, 6) is 0. The fourth-order valence-electron chi connectivity index (χ4n) is 2.63. The van der Waals surface area contributed by atoms with Gasteiger partial charge >= 0.3 is 0 Å². The van der Waals surface area contributed by atoms with E-state index in [2.05, 4.69) is 5.32 Å². The van der Waals surface area contributed by atoms with Gasteiger partial charge in [-0.25, -0.2) is 8.42 Å². The van der Waals surface area contributed by atoms with Gasteiger partial charge in [0, 0.05) is 24.2 Å². The van der Waals surface area contributed by atoms with Gasteiger partial charge in [0.15, 0.2) is 0 Å². The van der Waals surface area contributed by atoms with Gasteiger partial charge in [-0.2, -0.15) is 9.57 Å². The van der Waals surface area contributed by atoms with Crippen LogP contribution in [0.5, 0.6) is 0 Å². The summed E-state index contributed by atoms with van der Waals surface area (Å²) in [7, 11) is -3.73. The lowest BCUT2D eigenvalue weighted by atomic mass is 10.1.